The van der Waals surface area contributed by atoms with Gasteiger partial charge >= 0.3 is 0 Å². The maximum atomic E-state index is 13.4. The minimum absolute atomic E-state index is 0.0835. The normalized spacial score (nSPS) is 12.9. The van der Waals surface area contributed by atoms with E-state index in [9.17, 15) is 9.59 Å². The highest BCUT2D eigenvalue weighted by Gasteiger charge is 2.24. The summed E-state index contributed by atoms with van der Waals surface area (Å²) in [5, 5.41) is 3.78. The maximum absolute atomic E-state index is 13.4. The molecule has 0 radical (unpaired) electrons. The van der Waals surface area contributed by atoms with Crippen LogP contribution in [0.1, 0.15) is 43.8 Å². The number of carbonyl (C=O) groups is 1. The van der Waals surface area contributed by atoms with Crippen LogP contribution >= 0.6 is 23.1 Å². The van der Waals surface area contributed by atoms with Gasteiger partial charge in [0, 0.05) is 16.6 Å². The van der Waals surface area contributed by atoms with E-state index in [-0.39, 0.29) is 17.0 Å². The number of hydrogen-bond donors (Lipinski definition) is 1. The van der Waals surface area contributed by atoms with Crippen LogP contribution in [-0.4, -0.2) is 31.2 Å². The number of rotatable bonds is 5. The third-order valence-electron chi connectivity index (χ3n) is 4.45. The lowest BCUT2D eigenvalue weighted by Gasteiger charge is -2.23. The third kappa shape index (κ3) is 4.87. The lowest BCUT2D eigenvalue weighted by atomic mass is 10.1. The van der Waals surface area contributed by atoms with Crippen LogP contribution in [0.4, 0.5) is 0 Å². The van der Waals surface area contributed by atoms with Crippen LogP contribution in [0.25, 0.3) is 10.2 Å². The van der Waals surface area contributed by atoms with Crippen LogP contribution in [0.2, 0.25) is 0 Å². The van der Waals surface area contributed by atoms with Gasteiger partial charge in [0.1, 0.15) is 4.83 Å². The number of aromatic nitrogens is 3. The molecule has 0 spiro atoms. The van der Waals surface area contributed by atoms with Gasteiger partial charge in [0.25, 0.3) is 5.56 Å². The van der Waals surface area contributed by atoms with Crippen molar-refractivity contribution in [2.24, 2.45) is 0 Å². The minimum atomic E-state index is -0.393. The maximum Gasteiger partial charge on any atom is 0.263 e. The van der Waals surface area contributed by atoms with E-state index in [2.05, 4.69) is 10.3 Å². The fraction of sp³-hybridized carbons (Fsp3) is 0.429. The Labute approximate surface area is 178 Å². The molecule has 29 heavy (non-hydrogen) atoms. The Hall–Kier alpha value is -2.19. The monoisotopic (exact) mass is 430 g/mol. The number of aryl methyl sites for hydroxylation is 2. The molecule has 0 saturated carbocycles. The molecule has 0 aliphatic carbocycles. The molecule has 1 unspecified atom stereocenters. The van der Waals surface area contributed by atoms with Crippen molar-refractivity contribution in [1.29, 1.82) is 0 Å². The van der Waals surface area contributed by atoms with Crippen molar-refractivity contribution < 1.29 is 4.79 Å². The fourth-order valence-corrected chi connectivity index (χ4v) is 4.85. The Bertz CT molecular complexity index is 1100. The molecule has 6 nitrogen and oxygen atoms in total. The van der Waals surface area contributed by atoms with Gasteiger partial charge in [0.05, 0.1) is 22.9 Å². The largest absolute Gasteiger partial charge is 0.351 e. The molecule has 3 heterocycles. The number of thiophene rings is 1. The summed E-state index contributed by atoms with van der Waals surface area (Å²) in [7, 11) is 0. The second-order valence-electron chi connectivity index (χ2n) is 8.07. The van der Waals surface area contributed by atoms with Crippen LogP contribution in [0.3, 0.4) is 0 Å². The van der Waals surface area contributed by atoms with Gasteiger partial charge < -0.3 is 5.32 Å². The van der Waals surface area contributed by atoms with Gasteiger partial charge in [-0.2, -0.15) is 0 Å². The quantitative estimate of drug-likeness (QED) is 0.490. The third-order valence-corrected chi connectivity index (χ3v) is 6.64. The predicted octanol–water partition coefficient (Wildman–Crippen LogP) is 3.91. The summed E-state index contributed by atoms with van der Waals surface area (Å²) in [5.41, 5.74) is 1.33. The van der Waals surface area contributed by atoms with E-state index >= 15 is 0 Å². The number of amides is 1. The Kier molecular flexibility index (Phi) is 6.14. The van der Waals surface area contributed by atoms with Gasteiger partial charge in [-0.3, -0.25) is 19.1 Å². The SMILES string of the molecule is Cc1sc2nc(SC(C)C(=O)NC(C)(C)C)n(Cc3ccccn3)c(=O)c2c1C. The highest BCUT2D eigenvalue weighted by Crippen LogP contribution is 2.30. The number of nitrogens with one attached hydrogen (secondary N) is 1. The van der Waals surface area contributed by atoms with Crippen LogP contribution in [0, 0.1) is 13.8 Å². The average molecular weight is 431 g/mol. The van der Waals surface area contributed by atoms with Crippen LogP contribution in [0.5, 0.6) is 0 Å². The molecular formula is C21H26N4O2S2. The summed E-state index contributed by atoms with van der Waals surface area (Å²) in [5.74, 6) is -0.0835. The first kappa shape index (κ1) is 21.5. The summed E-state index contributed by atoms with van der Waals surface area (Å²) >= 11 is 2.81. The highest BCUT2D eigenvalue weighted by molar-refractivity contribution is 8.00. The van der Waals surface area contributed by atoms with Crippen molar-refractivity contribution >= 4 is 39.2 Å². The van der Waals surface area contributed by atoms with E-state index in [1.165, 1.54) is 23.1 Å². The van der Waals surface area contributed by atoms with Crippen LogP contribution < -0.4 is 10.9 Å². The van der Waals surface area contributed by atoms with Gasteiger partial charge in [-0.25, -0.2) is 4.98 Å². The van der Waals surface area contributed by atoms with Gasteiger partial charge in [0.2, 0.25) is 5.91 Å². The highest BCUT2D eigenvalue weighted by atomic mass is 32.2. The molecule has 154 valence electrons. The second-order valence-corrected chi connectivity index (χ2v) is 10.6. The Morgan fingerprint density at radius 1 is 1.31 bits per heavy atom. The molecule has 0 aromatic carbocycles. The van der Waals surface area contributed by atoms with Gasteiger partial charge in [-0.1, -0.05) is 17.8 Å². The number of nitrogens with zero attached hydrogens (tertiary/aromatic N) is 3. The molecule has 1 atom stereocenters. The van der Waals surface area contributed by atoms with Crippen molar-refractivity contribution in [1.82, 2.24) is 19.9 Å². The number of pyridine rings is 1. The zero-order valence-corrected chi connectivity index (χ0v) is 19.2. The molecule has 0 bridgehead atoms. The van der Waals surface area contributed by atoms with Crippen LogP contribution in [-0.2, 0) is 11.3 Å². The Morgan fingerprint density at radius 3 is 2.66 bits per heavy atom. The van der Waals surface area contributed by atoms with E-state index in [4.69, 9.17) is 4.98 Å². The lowest BCUT2D eigenvalue weighted by molar-refractivity contribution is -0.121. The van der Waals surface area contributed by atoms with Gasteiger partial charge in [-0.15, -0.1) is 11.3 Å². The summed E-state index contributed by atoms with van der Waals surface area (Å²) in [4.78, 5) is 36.9. The first-order chi connectivity index (χ1) is 13.6. The summed E-state index contributed by atoms with van der Waals surface area (Å²) < 4.78 is 1.63. The van der Waals surface area contributed by atoms with Crippen molar-refractivity contribution in [3.8, 4) is 0 Å². The molecule has 1 amide bonds. The van der Waals surface area contributed by atoms with E-state index in [1.54, 1.807) is 10.8 Å². The number of carbonyl (C=O) groups excluding carboxylic acids is 1. The summed E-state index contributed by atoms with van der Waals surface area (Å²) in [6.45, 7) is 11.9. The molecule has 0 aliphatic heterocycles. The molecule has 8 heteroatoms. The zero-order chi connectivity index (χ0) is 21.3. The first-order valence-electron chi connectivity index (χ1n) is 9.46. The lowest BCUT2D eigenvalue weighted by Crippen LogP contribution is -2.44. The van der Waals surface area contributed by atoms with Crippen molar-refractivity contribution in [2.45, 2.75) is 64.0 Å². The van der Waals surface area contributed by atoms with E-state index in [0.717, 1.165) is 16.1 Å². The summed E-state index contributed by atoms with van der Waals surface area (Å²) in [6, 6.07) is 5.62. The van der Waals surface area contributed by atoms with E-state index in [0.29, 0.717) is 21.9 Å². The topological polar surface area (TPSA) is 76.9 Å². The Balaban J connectivity index is 2.05. The first-order valence-corrected chi connectivity index (χ1v) is 11.2. The molecule has 0 aliphatic rings. The Morgan fingerprint density at radius 2 is 2.03 bits per heavy atom. The number of fused-ring (bicyclic) bond motifs is 1. The molecule has 3 aromatic heterocycles. The van der Waals surface area contributed by atoms with Crippen LogP contribution in [0.15, 0.2) is 34.3 Å². The van der Waals surface area contributed by atoms with Gasteiger partial charge in [-0.05, 0) is 59.2 Å². The standard InChI is InChI=1S/C21H26N4O2S2/c1-12-13(2)28-18-16(12)19(27)25(11-15-9-7-8-10-22-15)20(23-18)29-14(3)17(26)24-21(4,5)6/h7-10,14H,11H2,1-6H3,(H,24,26). The number of thioether (sulfide) groups is 1. The molecule has 3 rings (SSSR count). The number of hydrogen-bond acceptors (Lipinski definition) is 6. The minimum Gasteiger partial charge on any atom is -0.351 e. The smallest absolute Gasteiger partial charge is 0.263 e. The van der Waals surface area contributed by atoms with Crippen molar-refractivity contribution in [2.75, 3.05) is 0 Å². The van der Waals surface area contributed by atoms with Crippen molar-refractivity contribution in [3.05, 3.63) is 50.9 Å². The molecule has 1 N–H and O–H groups in total. The van der Waals surface area contributed by atoms with Gasteiger partial charge in [0.15, 0.2) is 5.16 Å². The average Bonchev–Trinajstić information content (AvgIpc) is 2.91. The predicted molar refractivity (Wildman–Crippen MR) is 120 cm³/mol. The fourth-order valence-electron chi connectivity index (χ4n) is 2.87. The van der Waals surface area contributed by atoms with Crippen molar-refractivity contribution in [3.63, 3.8) is 0 Å². The van der Waals surface area contributed by atoms with E-state index in [1.807, 2.05) is 59.7 Å². The summed E-state index contributed by atoms with van der Waals surface area (Å²) in [6.07, 6.45) is 1.71. The zero-order valence-electron chi connectivity index (χ0n) is 17.6. The van der Waals surface area contributed by atoms with E-state index < -0.39 is 5.25 Å². The molecule has 0 fully saturated rings. The molecular weight excluding hydrogens is 404 g/mol. The second kappa shape index (κ2) is 8.28. The molecule has 0 saturated heterocycles. The molecule has 3 aromatic rings.